The van der Waals surface area contributed by atoms with Gasteiger partial charge in [0.15, 0.2) is 5.16 Å². The Balaban J connectivity index is 1.40. The van der Waals surface area contributed by atoms with Crippen molar-refractivity contribution in [1.82, 2.24) is 14.9 Å². The molecule has 1 aliphatic heterocycles. The first-order valence-electron chi connectivity index (χ1n) is 8.53. The summed E-state index contributed by atoms with van der Waals surface area (Å²) in [5, 5.41) is 1.51. The summed E-state index contributed by atoms with van der Waals surface area (Å²) >= 11 is 7.78. The third-order valence-electron chi connectivity index (χ3n) is 4.27. The van der Waals surface area contributed by atoms with Gasteiger partial charge in [0.25, 0.3) is 5.56 Å². The van der Waals surface area contributed by atoms with Gasteiger partial charge >= 0.3 is 0 Å². The van der Waals surface area contributed by atoms with Crippen molar-refractivity contribution in [3.05, 3.63) is 51.4 Å². The number of hydrogen-bond acceptors (Lipinski definition) is 5. The molecule has 25 heavy (non-hydrogen) atoms. The molecule has 1 fully saturated rings. The van der Waals surface area contributed by atoms with Crippen LogP contribution in [0, 0.1) is 6.92 Å². The van der Waals surface area contributed by atoms with Gasteiger partial charge < -0.3 is 9.88 Å². The minimum atomic E-state index is -0.0927. The van der Waals surface area contributed by atoms with Gasteiger partial charge in [0.2, 0.25) is 0 Å². The molecular weight excluding hydrogens is 356 g/mol. The second kappa shape index (κ2) is 8.74. The smallest absolute Gasteiger partial charge is 0.251 e. The van der Waals surface area contributed by atoms with Crippen LogP contribution in [0.2, 0.25) is 5.02 Å². The zero-order valence-corrected chi connectivity index (χ0v) is 15.9. The van der Waals surface area contributed by atoms with Crippen LogP contribution in [0.5, 0.6) is 0 Å². The van der Waals surface area contributed by atoms with Gasteiger partial charge in [-0.25, -0.2) is 4.98 Å². The Bertz CT molecular complexity index is 738. The Morgan fingerprint density at radius 1 is 1.24 bits per heavy atom. The van der Waals surface area contributed by atoms with E-state index in [1.165, 1.54) is 17.3 Å². The van der Waals surface area contributed by atoms with Crippen LogP contribution < -0.4 is 10.5 Å². The number of aromatic amines is 1. The summed E-state index contributed by atoms with van der Waals surface area (Å²) in [7, 11) is 0. The van der Waals surface area contributed by atoms with E-state index in [4.69, 9.17) is 11.6 Å². The van der Waals surface area contributed by atoms with Gasteiger partial charge in [-0.15, -0.1) is 0 Å². The van der Waals surface area contributed by atoms with Crippen molar-refractivity contribution in [1.29, 1.82) is 0 Å². The van der Waals surface area contributed by atoms with E-state index in [-0.39, 0.29) is 5.56 Å². The van der Waals surface area contributed by atoms with E-state index in [1.807, 2.05) is 6.07 Å². The number of halogens is 1. The first-order chi connectivity index (χ1) is 12.1. The predicted octanol–water partition coefficient (Wildman–Crippen LogP) is 3.04. The number of nitrogens with zero attached hydrogens (tertiary/aromatic N) is 3. The van der Waals surface area contributed by atoms with E-state index in [9.17, 15) is 4.79 Å². The van der Waals surface area contributed by atoms with E-state index in [0.717, 1.165) is 49.9 Å². The summed E-state index contributed by atoms with van der Waals surface area (Å²) < 4.78 is 0. The molecule has 3 rings (SSSR count). The fraction of sp³-hybridized carbons (Fsp3) is 0.444. The summed E-state index contributed by atoms with van der Waals surface area (Å²) in [6.07, 6.45) is 2.64. The quantitative estimate of drug-likeness (QED) is 0.475. The van der Waals surface area contributed by atoms with Crippen LogP contribution in [0.1, 0.15) is 12.0 Å². The van der Waals surface area contributed by atoms with Crippen molar-refractivity contribution in [2.75, 3.05) is 43.4 Å². The van der Waals surface area contributed by atoms with Crippen LogP contribution in [0.15, 0.2) is 40.4 Å². The van der Waals surface area contributed by atoms with Gasteiger partial charge in [-0.1, -0.05) is 23.4 Å². The Labute approximate surface area is 157 Å². The highest BCUT2D eigenvalue weighted by Gasteiger charge is 2.17. The maximum atomic E-state index is 11.2. The van der Waals surface area contributed by atoms with Gasteiger partial charge in [-0.05, 0) is 43.7 Å². The maximum absolute atomic E-state index is 11.2. The van der Waals surface area contributed by atoms with E-state index >= 15 is 0 Å². The number of H-pyrrole nitrogens is 1. The lowest BCUT2D eigenvalue weighted by molar-refractivity contribution is 0.259. The Kier molecular flexibility index (Phi) is 6.39. The lowest BCUT2D eigenvalue weighted by Crippen LogP contribution is -2.46. The van der Waals surface area contributed by atoms with Crippen molar-refractivity contribution in [2.45, 2.75) is 18.5 Å². The molecule has 0 spiro atoms. The Morgan fingerprint density at radius 2 is 2.04 bits per heavy atom. The average molecular weight is 379 g/mol. The maximum Gasteiger partial charge on any atom is 0.251 e. The number of aromatic nitrogens is 2. The number of aryl methyl sites for hydroxylation is 1. The van der Waals surface area contributed by atoms with Gasteiger partial charge in [0.05, 0.1) is 0 Å². The van der Waals surface area contributed by atoms with Crippen LogP contribution in [0.3, 0.4) is 0 Å². The van der Waals surface area contributed by atoms with E-state index in [1.54, 1.807) is 18.0 Å². The second-order valence-electron chi connectivity index (χ2n) is 6.26. The van der Waals surface area contributed by atoms with Crippen LogP contribution in [-0.2, 0) is 0 Å². The van der Waals surface area contributed by atoms with Gasteiger partial charge in [-0.3, -0.25) is 9.69 Å². The molecule has 2 heterocycles. The molecule has 0 amide bonds. The molecule has 5 nitrogen and oxygen atoms in total. The molecule has 1 aromatic heterocycles. The normalized spacial score (nSPS) is 15.5. The summed E-state index contributed by atoms with van der Waals surface area (Å²) in [4.78, 5) is 23.0. The van der Waals surface area contributed by atoms with Gasteiger partial charge in [0.1, 0.15) is 0 Å². The number of anilines is 1. The van der Waals surface area contributed by atoms with Crippen molar-refractivity contribution in [3.63, 3.8) is 0 Å². The zero-order valence-electron chi connectivity index (χ0n) is 14.4. The molecule has 1 saturated heterocycles. The minimum absolute atomic E-state index is 0.0927. The highest BCUT2D eigenvalue weighted by atomic mass is 35.5. The third-order valence-corrected chi connectivity index (χ3v) is 5.46. The molecule has 0 atom stereocenters. The standard InChI is InChI=1S/C18H23ClN4OS/c1-14-11-15(19)13-16(12-14)23-8-6-22(7-9-23)5-2-10-25-18-20-4-3-17(24)21-18/h3-4,11-13H,2,5-10H2,1H3,(H,20,21,24). The molecular formula is C18H23ClN4OS. The zero-order chi connectivity index (χ0) is 17.6. The number of nitrogens with one attached hydrogen (secondary N) is 1. The minimum Gasteiger partial charge on any atom is -0.369 e. The monoisotopic (exact) mass is 378 g/mol. The lowest BCUT2D eigenvalue weighted by atomic mass is 10.2. The topological polar surface area (TPSA) is 52.2 Å². The van der Waals surface area contributed by atoms with Gasteiger partial charge in [-0.2, -0.15) is 0 Å². The fourth-order valence-corrected chi connectivity index (χ4v) is 4.07. The number of hydrogen-bond donors (Lipinski definition) is 1. The van der Waals surface area contributed by atoms with Gasteiger partial charge in [0, 0.05) is 54.9 Å². The molecule has 0 saturated carbocycles. The Morgan fingerprint density at radius 3 is 2.76 bits per heavy atom. The number of piperazine rings is 1. The molecule has 1 aromatic carbocycles. The largest absolute Gasteiger partial charge is 0.369 e. The molecule has 0 radical (unpaired) electrons. The molecule has 134 valence electrons. The number of benzene rings is 1. The van der Waals surface area contributed by atoms with Crippen LogP contribution in [-0.4, -0.2) is 53.3 Å². The molecule has 0 bridgehead atoms. The summed E-state index contributed by atoms with van der Waals surface area (Å²) in [5.74, 6) is 0.959. The van der Waals surface area contributed by atoms with Crippen LogP contribution in [0.25, 0.3) is 0 Å². The molecule has 1 N–H and O–H groups in total. The summed E-state index contributed by atoms with van der Waals surface area (Å²) in [6.45, 7) is 7.35. The van der Waals surface area contributed by atoms with E-state index in [0.29, 0.717) is 5.16 Å². The molecule has 0 unspecified atom stereocenters. The SMILES string of the molecule is Cc1cc(Cl)cc(N2CCN(CCCSc3nccc(=O)[nH]3)CC2)c1. The van der Waals surface area contributed by atoms with Crippen molar-refractivity contribution in [2.24, 2.45) is 0 Å². The second-order valence-corrected chi connectivity index (χ2v) is 7.78. The van der Waals surface area contributed by atoms with E-state index < -0.39 is 0 Å². The summed E-state index contributed by atoms with van der Waals surface area (Å²) in [5.41, 5.74) is 2.33. The highest BCUT2D eigenvalue weighted by Crippen LogP contribution is 2.23. The average Bonchev–Trinajstić information content (AvgIpc) is 2.58. The molecule has 0 aliphatic carbocycles. The predicted molar refractivity (Wildman–Crippen MR) is 105 cm³/mol. The van der Waals surface area contributed by atoms with E-state index in [2.05, 4.69) is 38.8 Å². The van der Waals surface area contributed by atoms with Crippen LogP contribution in [0.4, 0.5) is 5.69 Å². The van der Waals surface area contributed by atoms with Crippen molar-refractivity contribution in [3.8, 4) is 0 Å². The third kappa shape index (κ3) is 5.49. The molecule has 2 aromatic rings. The van der Waals surface area contributed by atoms with Crippen LogP contribution >= 0.6 is 23.4 Å². The molecule has 1 aliphatic rings. The summed E-state index contributed by atoms with van der Waals surface area (Å²) in [6, 6.07) is 7.68. The molecule has 7 heteroatoms. The first-order valence-corrected chi connectivity index (χ1v) is 9.89. The Hall–Kier alpha value is -1.50. The first kappa shape index (κ1) is 18.3. The van der Waals surface area contributed by atoms with Crippen molar-refractivity contribution < 1.29 is 0 Å². The number of rotatable bonds is 6. The highest BCUT2D eigenvalue weighted by molar-refractivity contribution is 7.99. The number of thioether (sulfide) groups is 1. The fourth-order valence-electron chi connectivity index (χ4n) is 3.01. The van der Waals surface area contributed by atoms with Crippen molar-refractivity contribution >= 4 is 29.1 Å². The lowest BCUT2D eigenvalue weighted by Gasteiger charge is -2.36.